The lowest BCUT2D eigenvalue weighted by molar-refractivity contribution is -0.136. The van der Waals surface area contributed by atoms with Crippen molar-refractivity contribution >= 4 is 5.91 Å². The number of carbonyl (C=O) groups is 1. The van der Waals surface area contributed by atoms with Gasteiger partial charge in [-0.3, -0.25) is 4.79 Å². The second-order valence-corrected chi connectivity index (χ2v) is 9.03. The summed E-state index contributed by atoms with van der Waals surface area (Å²) in [4.78, 5) is 15.6. The number of hydrogen-bond donors (Lipinski definition) is 1. The minimum Gasteiger partial charge on any atom is -0.338 e. The van der Waals surface area contributed by atoms with E-state index in [2.05, 4.69) is 10.2 Å². The molecule has 3 heterocycles. The Labute approximate surface area is 134 Å². The van der Waals surface area contributed by atoms with Crippen LogP contribution in [0.1, 0.15) is 64.2 Å². The van der Waals surface area contributed by atoms with Crippen LogP contribution in [0.5, 0.6) is 0 Å². The van der Waals surface area contributed by atoms with Gasteiger partial charge in [-0.2, -0.15) is 0 Å². The quantitative estimate of drug-likeness (QED) is 0.808. The Hall–Kier alpha value is -0.570. The van der Waals surface area contributed by atoms with Crippen molar-refractivity contribution in [2.45, 2.75) is 82.3 Å². The van der Waals surface area contributed by atoms with Crippen molar-refractivity contribution in [1.82, 2.24) is 10.2 Å². The van der Waals surface area contributed by atoms with Gasteiger partial charge in [0.2, 0.25) is 5.91 Å². The molecule has 3 nitrogen and oxygen atoms in total. The van der Waals surface area contributed by atoms with Crippen molar-refractivity contribution in [1.29, 1.82) is 0 Å². The van der Waals surface area contributed by atoms with E-state index in [1.807, 2.05) is 0 Å². The number of nitrogens with one attached hydrogen (secondary N) is 1. The lowest BCUT2D eigenvalue weighted by Crippen LogP contribution is -2.50. The van der Waals surface area contributed by atoms with Gasteiger partial charge in [0.15, 0.2) is 0 Å². The van der Waals surface area contributed by atoms with Gasteiger partial charge in [-0.05, 0) is 75.0 Å². The molecular weight excluding hydrogens is 272 g/mol. The maximum Gasteiger partial charge on any atom is 0.239 e. The van der Waals surface area contributed by atoms with E-state index in [1.54, 1.807) is 0 Å². The first-order chi connectivity index (χ1) is 10.8. The van der Waals surface area contributed by atoms with E-state index < -0.39 is 0 Å². The fraction of sp³-hybridized carbons (Fsp3) is 0.947. The topological polar surface area (TPSA) is 32.3 Å². The Morgan fingerprint density at radius 3 is 2.36 bits per heavy atom. The molecule has 4 bridgehead atoms. The standard InChI is InChI=1S/C19H30N2O/c22-19(18-10-15-3-1-2-4-17(15)20-18)21-11-14-6-12-5-13(7-14)9-16(21)8-12/h12-18,20H,1-11H2. The number of hydrogen-bond acceptors (Lipinski definition) is 2. The van der Waals surface area contributed by atoms with Gasteiger partial charge in [0.25, 0.3) is 0 Å². The third kappa shape index (κ3) is 2.23. The molecule has 0 spiro atoms. The lowest BCUT2D eigenvalue weighted by atomic mass is 9.68. The van der Waals surface area contributed by atoms with E-state index in [1.165, 1.54) is 57.8 Å². The summed E-state index contributed by atoms with van der Waals surface area (Å²) in [6.07, 6.45) is 13.4. The molecule has 0 aromatic carbocycles. The molecule has 6 rings (SSSR count). The van der Waals surface area contributed by atoms with E-state index in [0.717, 1.165) is 36.6 Å². The smallest absolute Gasteiger partial charge is 0.239 e. The zero-order chi connectivity index (χ0) is 14.7. The maximum atomic E-state index is 13.2. The highest BCUT2D eigenvalue weighted by Crippen LogP contribution is 2.48. The van der Waals surface area contributed by atoms with Gasteiger partial charge in [-0.15, -0.1) is 0 Å². The highest BCUT2D eigenvalue weighted by molar-refractivity contribution is 5.82. The number of fused-ring (bicyclic) bond motifs is 2. The normalized spacial score (nSPS) is 50.0. The fourth-order valence-corrected chi connectivity index (χ4v) is 6.76. The summed E-state index contributed by atoms with van der Waals surface area (Å²) in [5.74, 6) is 3.91. The molecule has 5 unspecified atom stereocenters. The molecule has 0 aromatic heterocycles. The zero-order valence-corrected chi connectivity index (χ0v) is 13.7. The van der Waals surface area contributed by atoms with Gasteiger partial charge in [-0.25, -0.2) is 0 Å². The number of amides is 1. The number of carbonyl (C=O) groups excluding carboxylic acids is 1. The molecule has 3 saturated heterocycles. The minimum absolute atomic E-state index is 0.142. The van der Waals surface area contributed by atoms with Gasteiger partial charge >= 0.3 is 0 Å². The Bertz CT molecular complexity index is 436. The van der Waals surface area contributed by atoms with Crippen LogP contribution in [0.2, 0.25) is 0 Å². The summed E-state index contributed by atoms with van der Waals surface area (Å²) in [7, 11) is 0. The minimum atomic E-state index is 0.142. The van der Waals surface area contributed by atoms with E-state index >= 15 is 0 Å². The second-order valence-electron chi connectivity index (χ2n) is 9.03. The summed E-state index contributed by atoms with van der Waals surface area (Å²) in [5, 5.41) is 3.72. The molecule has 3 aliphatic heterocycles. The van der Waals surface area contributed by atoms with Crippen LogP contribution in [0, 0.1) is 23.7 Å². The van der Waals surface area contributed by atoms with Crippen LogP contribution in [0.4, 0.5) is 0 Å². The van der Waals surface area contributed by atoms with Crippen molar-refractivity contribution in [3.63, 3.8) is 0 Å². The van der Waals surface area contributed by atoms with Crippen LogP contribution in [-0.2, 0) is 4.79 Å². The second kappa shape index (κ2) is 5.22. The van der Waals surface area contributed by atoms with Crippen LogP contribution < -0.4 is 5.32 Å². The Balaban J connectivity index is 1.33. The molecule has 6 fully saturated rings. The SMILES string of the molecule is O=C(C1CC2CCCCC2N1)N1CC2CC3CC(C2)CC1C3. The van der Waals surface area contributed by atoms with Crippen LogP contribution in [0.3, 0.4) is 0 Å². The maximum absolute atomic E-state index is 13.2. The molecule has 0 radical (unpaired) electrons. The first kappa shape index (κ1) is 13.8. The molecule has 1 amide bonds. The molecule has 3 heteroatoms. The van der Waals surface area contributed by atoms with E-state index in [9.17, 15) is 4.79 Å². The summed E-state index contributed by atoms with van der Waals surface area (Å²) in [5.41, 5.74) is 0. The first-order valence-corrected chi connectivity index (χ1v) is 9.83. The highest BCUT2D eigenvalue weighted by atomic mass is 16.2. The van der Waals surface area contributed by atoms with E-state index in [-0.39, 0.29) is 6.04 Å². The summed E-state index contributed by atoms with van der Waals surface area (Å²) in [6, 6.07) is 1.36. The molecule has 22 heavy (non-hydrogen) atoms. The van der Waals surface area contributed by atoms with Gasteiger partial charge in [0.05, 0.1) is 6.04 Å². The molecular formula is C19H30N2O. The summed E-state index contributed by atoms with van der Waals surface area (Å²) in [6.45, 7) is 1.07. The predicted octanol–water partition coefficient (Wildman–Crippen LogP) is 2.94. The van der Waals surface area contributed by atoms with Gasteiger partial charge in [0.1, 0.15) is 0 Å². The molecule has 122 valence electrons. The molecule has 6 aliphatic rings. The van der Waals surface area contributed by atoms with Gasteiger partial charge in [-0.1, -0.05) is 12.8 Å². The van der Waals surface area contributed by atoms with Crippen molar-refractivity contribution in [3.8, 4) is 0 Å². The largest absolute Gasteiger partial charge is 0.338 e. The molecule has 3 aliphatic carbocycles. The Morgan fingerprint density at radius 1 is 0.864 bits per heavy atom. The summed E-state index contributed by atoms with van der Waals surface area (Å²) >= 11 is 0. The van der Waals surface area contributed by atoms with Crippen molar-refractivity contribution in [2.75, 3.05) is 6.54 Å². The Kier molecular flexibility index (Phi) is 3.28. The molecule has 1 N–H and O–H groups in total. The first-order valence-electron chi connectivity index (χ1n) is 9.83. The van der Waals surface area contributed by atoms with Crippen molar-refractivity contribution in [2.24, 2.45) is 23.7 Å². The van der Waals surface area contributed by atoms with E-state index in [0.29, 0.717) is 18.0 Å². The van der Waals surface area contributed by atoms with Crippen molar-refractivity contribution < 1.29 is 4.79 Å². The fourth-order valence-electron chi connectivity index (χ4n) is 6.76. The van der Waals surface area contributed by atoms with Crippen LogP contribution in [-0.4, -0.2) is 35.5 Å². The number of rotatable bonds is 1. The average molecular weight is 302 g/mol. The van der Waals surface area contributed by atoms with Crippen LogP contribution in [0.15, 0.2) is 0 Å². The van der Waals surface area contributed by atoms with Gasteiger partial charge < -0.3 is 10.2 Å². The Morgan fingerprint density at radius 2 is 1.59 bits per heavy atom. The molecule has 0 aromatic rings. The third-order valence-corrected chi connectivity index (χ3v) is 7.55. The lowest BCUT2D eigenvalue weighted by Gasteiger charge is -2.39. The number of nitrogens with zero attached hydrogens (tertiary/aromatic N) is 1. The zero-order valence-electron chi connectivity index (χ0n) is 13.7. The molecule has 5 atom stereocenters. The predicted molar refractivity (Wildman–Crippen MR) is 86.3 cm³/mol. The third-order valence-electron chi connectivity index (χ3n) is 7.55. The van der Waals surface area contributed by atoms with Gasteiger partial charge in [0, 0.05) is 18.6 Å². The van der Waals surface area contributed by atoms with Crippen molar-refractivity contribution in [3.05, 3.63) is 0 Å². The highest BCUT2D eigenvalue weighted by Gasteiger charge is 2.47. The average Bonchev–Trinajstić information content (AvgIpc) is 2.85. The summed E-state index contributed by atoms with van der Waals surface area (Å²) < 4.78 is 0. The van der Waals surface area contributed by atoms with Crippen LogP contribution >= 0.6 is 0 Å². The molecule has 3 saturated carbocycles. The van der Waals surface area contributed by atoms with Crippen LogP contribution in [0.25, 0.3) is 0 Å². The monoisotopic (exact) mass is 302 g/mol. The van der Waals surface area contributed by atoms with E-state index in [4.69, 9.17) is 0 Å².